The van der Waals surface area contributed by atoms with E-state index in [-0.39, 0.29) is 16.3 Å². The highest BCUT2D eigenvalue weighted by atomic mass is 35.5. The quantitative estimate of drug-likeness (QED) is 0.568. The monoisotopic (exact) mass is 469 g/mol. The predicted octanol–water partition coefficient (Wildman–Crippen LogP) is 3.94. The Balaban J connectivity index is 1.91. The standard InChI is InChI=1S/C24H21ClFN3O4/c1-33-15-4-7-21(30)18(11-15)24(32)29(22(23(27)31)13-3-2-8-28-12-13)20-6-5-16-17(20)9-14(25)10-19(16)26/h2-4,7-12,20,22,30H,5-6H2,1H3,(H2,27,31)/t20-,22-/m1/s1. The first-order valence-electron chi connectivity index (χ1n) is 10.2. The van der Waals surface area contributed by atoms with Crippen molar-refractivity contribution >= 4 is 23.4 Å². The molecule has 3 aromatic rings. The first-order chi connectivity index (χ1) is 15.8. The molecule has 7 nitrogen and oxygen atoms in total. The van der Waals surface area contributed by atoms with Gasteiger partial charge >= 0.3 is 0 Å². The molecule has 1 aliphatic carbocycles. The van der Waals surface area contributed by atoms with Gasteiger partial charge < -0.3 is 20.5 Å². The number of primary amides is 1. The Morgan fingerprint density at radius 1 is 1.30 bits per heavy atom. The van der Waals surface area contributed by atoms with Crippen LogP contribution >= 0.6 is 11.6 Å². The number of carbonyl (C=O) groups is 2. The Hall–Kier alpha value is -3.65. The average molecular weight is 470 g/mol. The number of hydrogen-bond acceptors (Lipinski definition) is 5. The molecule has 0 bridgehead atoms. The molecule has 1 heterocycles. The van der Waals surface area contributed by atoms with Gasteiger partial charge in [-0.15, -0.1) is 0 Å². The molecular weight excluding hydrogens is 449 g/mol. The van der Waals surface area contributed by atoms with Crippen molar-refractivity contribution in [1.29, 1.82) is 0 Å². The third kappa shape index (κ3) is 4.21. The van der Waals surface area contributed by atoms with Crippen LogP contribution in [0.4, 0.5) is 4.39 Å². The molecule has 1 aliphatic rings. The van der Waals surface area contributed by atoms with Crippen LogP contribution < -0.4 is 10.5 Å². The van der Waals surface area contributed by atoms with Crippen LogP contribution in [-0.4, -0.2) is 33.9 Å². The van der Waals surface area contributed by atoms with E-state index >= 15 is 0 Å². The Labute approximate surface area is 194 Å². The number of phenols is 1. The van der Waals surface area contributed by atoms with E-state index in [0.29, 0.717) is 35.3 Å². The number of ether oxygens (including phenoxy) is 1. The average Bonchev–Trinajstić information content (AvgIpc) is 3.21. The number of benzene rings is 2. The van der Waals surface area contributed by atoms with E-state index in [2.05, 4.69) is 4.98 Å². The van der Waals surface area contributed by atoms with Gasteiger partial charge in [-0.1, -0.05) is 17.7 Å². The van der Waals surface area contributed by atoms with Crippen LogP contribution in [0.25, 0.3) is 0 Å². The number of phenolic OH excluding ortho intramolecular Hbond substituents is 1. The largest absolute Gasteiger partial charge is 0.507 e. The van der Waals surface area contributed by atoms with Gasteiger partial charge in [-0.05, 0) is 60.4 Å². The number of fused-ring (bicyclic) bond motifs is 1. The zero-order valence-corrected chi connectivity index (χ0v) is 18.4. The summed E-state index contributed by atoms with van der Waals surface area (Å²) in [5.74, 6) is -1.90. The molecule has 4 rings (SSSR count). The fraction of sp³-hybridized carbons (Fsp3) is 0.208. The van der Waals surface area contributed by atoms with Crippen LogP contribution in [0, 0.1) is 5.82 Å². The molecule has 170 valence electrons. The molecule has 2 aromatic carbocycles. The van der Waals surface area contributed by atoms with Crippen molar-refractivity contribution in [2.45, 2.75) is 24.9 Å². The lowest BCUT2D eigenvalue weighted by atomic mass is 9.98. The number of methoxy groups -OCH3 is 1. The highest BCUT2D eigenvalue weighted by Crippen LogP contribution is 2.43. The number of nitrogens with zero attached hydrogens (tertiary/aromatic N) is 2. The molecule has 0 saturated heterocycles. The second kappa shape index (κ2) is 9.07. The smallest absolute Gasteiger partial charge is 0.259 e. The lowest BCUT2D eigenvalue weighted by molar-refractivity contribution is -0.123. The third-order valence-electron chi connectivity index (χ3n) is 5.77. The van der Waals surface area contributed by atoms with Crippen LogP contribution in [0.1, 0.15) is 45.6 Å². The molecular formula is C24H21ClFN3O4. The summed E-state index contributed by atoms with van der Waals surface area (Å²) in [5, 5.41) is 10.6. The van der Waals surface area contributed by atoms with E-state index in [9.17, 15) is 19.1 Å². The van der Waals surface area contributed by atoms with Gasteiger partial charge in [0.2, 0.25) is 5.91 Å². The van der Waals surface area contributed by atoms with Gasteiger partial charge in [-0.2, -0.15) is 0 Å². The van der Waals surface area contributed by atoms with E-state index in [1.807, 2.05) is 0 Å². The molecule has 0 fully saturated rings. The number of hydrogen-bond donors (Lipinski definition) is 2. The molecule has 0 spiro atoms. The fourth-order valence-corrected chi connectivity index (χ4v) is 4.51. The molecule has 0 aliphatic heterocycles. The Morgan fingerprint density at radius 2 is 2.09 bits per heavy atom. The Bertz CT molecular complexity index is 1220. The topological polar surface area (TPSA) is 106 Å². The summed E-state index contributed by atoms with van der Waals surface area (Å²) in [6.45, 7) is 0. The minimum Gasteiger partial charge on any atom is -0.507 e. The van der Waals surface area contributed by atoms with Crippen molar-refractivity contribution in [3.8, 4) is 11.5 Å². The van der Waals surface area contributed by atoms with Gasteiger partial charge in [-0.3, -0.25) is 14.6 Å². The summed E-state index contributed by atoms with van der Waals surface area (Å²) < 4.78 is 19.8. The molecule has 1 aromatic heterocycles. The van der Waals surface area contributed by atoms with Crippen LogP contribution in [0.15, 0.2) is 54.9 Å². The lowest BCUT2D eigenvalue weighted by Gasteiger charge is -2.36. The van der Waals surface area contributed by atoms with Crippen LogP contribution in [0.3, 0.4) is 0 Å². The Kier molecular flexibility index (Phi) is 6.20. The van der Waals surface area contributed by atoms with Crippen molar-refractivity contribution in [2.24, 2.45) is 5.73 Å². The zero-order chi connectivity index (χ0) is 23.7. The zero-order valence-electron chi connectivity index (χ0n) is 17.7. The number of pyridine rings is 1. The molecule has 3 N–H and O–H groups in total. The maximum Gasteiger partial charge on any atom is 0.259 e. The van der Waals surface area contributed by atoms with Crippen LogP contribution in [0.2, 0.25) is 5.02 Å². The second-order valence-electron chi connectivity index (χ2n) is 7.70. The van der Waals surface area contributed by atoms with Gasteiger partial charge in [-0.25, -0.2) is 4.39 Å². The molecule has 2 atom stereocenters. The van der Waals surface area contributed by atoms with E-state index in [1.165, 1.54) is 48.7 Å². The number of nitrogens with two attached hydrogens (primary N) is 1. The van der Waals surface area contributed by atoms with Gasteiger partial charge in [0.25, 0.3) is 5.91 Å². The normalized spacial score (nSPS) is 15.5. The predicted molar refractivity (Wildman–Crippen MR) is 119 cm³/mol. The lowest BCUT2D eigenvalue weighted by Crippen LogP contribution is -2.43. The van der Waals surface area contributed by atoms with E-state index in [4.69, 9.17) is 22.1 Å². The van der Waals surface area contributed by atoms with Crippen molar-refractivity contribution in [3.05, 3.63) is 88.0 Å². The van der Waals surface area contributed by atoms with Crippen molar-refractivity contribution in [3.63, 3.8) is 0 Å². The van der Waals surface area contributed by atoms with Gasteiger partial charge in [0.15, 0.2) is 0 Å². The van der Waals surface area contributed by atoms with Crippen LogP contribution in [-0.2, 0) is 11.2 Å². The molecule has 33 heavy (non-hydrogen) atoms. The van der Waals surface area contributed by atoms with Gasteiger partial charge in [0.1, 0.15) is 23.4 Å². The summed E-state index contributed by atoms with van der Waals surface area (Å²) in [5.41, 5.74) is 7.00. The van der Waals surface area contributed by atoms with E-state index < -0.39 is 29.7 Å². The van der Waals surface area contributed by atoms with Crippen molar-refractivity contribution in [2.75, 3.05) is 7.11 Å². The minimum absolute atomic E-state index is 0.0829. The van der Waals surface area contributed by atoms with Crippen molar-refractivity contribution < 1.29 is 23.8 Å². The fourth-order valence-electron chi connectivity index (χ4n) is 4.30. The molecule has 2 amide bonds. The summed E-state index contributed by atoms with van der Waals surface area (Å²) in [6.07, 6.45) is 3.65. The number of rotatable bonds is 6. The number of carbonyl (C=O) groups excluding carboxylic acids is 2. The third-order valence-corrected chi connectivity index (χ3v) is 5.99. The van der Waals surface area contributed by atoms with Crippen LogP contribution in [0.5, 0.6) is 11.5 Å². The first kappa shape index (κ1) is 22.5. The number of halogens is 2. The molecule has 0 radical (unpaired) electrons. The number of amides is 2. The molecule has 9 heteroatoms. The summed E-state index contributed by atoms with van der Waals surface area (Å²) >= 11 is 6.12. The SMILES string of the molecule is COc1ccc(O)c(C(=O)N([C@@H]2CCc3c(F)cc(Cl)cc32)[C@@H](C(N)=O)c2cccnc2)c1. The van der Waals surface area contributed by atoms with Gasteiger partial charge in [0, 0.05) is 23.0 Å². The summed E-state index contributed by atoms with van der Waals surface area (Å²) in [4.78, 5) is 31.9. The van der Waals surface area contributed by atoms with Gasteiger partial charge in [0.05, 0.1) is 18.7 Å². The highest BCUT2D eigenvalue weighted by Gasteiger charge is 2.41. The second-order valence-corrected chi connectivity index (χ2v) is 8.13. The number of aromatic hydroxyl groups is 1. The summed E-state index contributed by atoms with van der Waals surface area (Å²) in [6, 6.07) is 8.31. The van der Waals surface area contributed by atoms with Crippen molar-refractivity contribution in [1.82, 2.24) is 9.88 Å². The summed E-state index contributed by atoms with van der Waals surface area (Å²) in [7, 11) is 1.43. The minimum atomic E-state index is -1.23. The maximum absolute atomic E-state index is 14.6. The first-order valence-corrected chi connectivity index (χ1v) is 10.6. The Morgan fingerprint density at radius 3 is 2.76 bits per heavy atom. The molecule has 0 saturated carbocycles. The highest BCUT2D eigenvalue weighted by molar-refractivity contribution is 6.30. The van der Waals surface area contributed by atoms with E-state index in [1.54, 1.807) is 18.2 Å². The maximum atomic E-state index is 14.6. The number of aromatic nitrogens is 1. The van der Waals surface area contributed by atoms with E-state index in [0.717, 1.165) is 0 Å². The molecule has 0 unspecified atom stereocenters.